The molecule has 0 aliphatic heterocycles. The van der Waals surface area contributed by atoms with E-state index in [0.29, 0.717) is 12.5 Å². The van der Waals surface area contributed by atoms with Gasteiger partial charge in [-0.2, -0.15) is 10.2 Å². The Kier molecular flexibility index (Phi) is 5.35. The van der Waals surface area contributed by atoms with E-state index in [0.717, 1.165) is 29.7 Å². The lowest BCUT2D eigenvalue weighted by molar-refractivity contribution is 0.301. The number of nitrogens with zero attached hydrogens (tertiary/aromatic N) is 5. The molecule has 0 atom stereocenters. The number of ether oxygens (including phenoxy) is 1. The van der Waals surface area contributed by atoms with Crippen LogP contribution < -0.4 is 10.1 Å². The molecule has 3 heterocycles. The average molecular weight is 323 g/mol. The number of rotatable bonds is 6. The molecule has 3 aromatic rings. The molecule has 7 nitrogen and oxygen atoms in total. The van der Waals surface area contributed by atoms with Crippen molar-refractivity contribution in [3.05, 3.63) is 30.9 Å². The van der Waals surface area contributed by atoms with E-state index < -0.39 is 0 Å². The summed E-state index contributed by atoms with van der Waals surface area (Å²) in [5.41, 5.74) is 2.60. The third-order valence-corrected chi connectivity index (χ3v) is 3.17. The van der Waals surface area contributed by atoms with E-state index in [1.165, 1.54) is 0 Å². The highest BCUT2D eigenvalue weighted by molar-refractivity contribution is 5.85. The van der Waals surface area contributed by atoms with Gasteiger partial charge < -0.3 is 10.1 Å². The van der Waals surface area contributed by atoms with Crippen LogP contribution in [-0.4, -0.2) is 44.6 Å². The van der Waals surface area contributed by atoms with E-state index in [1.807, 2.05) is 32.6 Å². The summed E-state index contributed by atoms with van der Waals surface area (Å²) in [6, 6.07) is 1.90. The second-order valence-electron chi connectivity index (χ2n) is 4.80. The number of hydrogen-bond acceptors (Lipinski definition) is 5. The Morgan fingerprint density at radius 3 is 2.86 bits per heavy atom. The van der Waals surface area contributed by atoms with E-state index >= 15 is 0 Å². The van der Waals surface area contributed by atoms with Gasteiger partial charge in [0.15, 0.2) is 0 Å². The highest BCUT2D eigenvalue weighted by Gasteiger charge is 2.10. The van der Waals surface area contributed by atoms with Crippen molar-refractivity contribution in [1.29, 1.82) is 0 Å². The number of fused-ring (bicyclic) bond motifs is 1. The van der Waals surface area contributed by atoms with Crippen LogP contribution in [0.4, 0.5) is 0 Å². The molecule has 0 aliphatic rings. The van der Waals surface area contributed by atoms with Crippen LogP contribution in [0.3, 0.4) is 0 Å². The van der Waals surface area contributed by atoms with Crippen LogP contribution in [0.5, 0.6) is 5.88 Å². The van der Waals surface area contributed by atoms with Crippen LogP contribution in [0.2, 0.25) is 0 Å². The minimum Gasteiger partial charge on any atom is -0.476 e. The van der Waals surface area contributed by atoms with Gasteiger partial charge in [0, 0.05) is 18.8 Å². The summed E-state index contributed by atoms with van der Waals surface area (Å²) in [6.07, 6.45) is 8.25. The molecule has 0 radical (unpaired) electrons. The monoisotopic (exact) mass is 322 g/mol. The zero-order chi connectivity index (χ0) is 14.7. The summed E-state index contributed by atoms with van der Waals surface area (Å²) in [7, 11) is 3.81. The molecular formula is C14H19ClN6O. The Labute approximate surface area is 134 Å². The highest BCUT2D eigenvalue weighted by atomic mass is 35.5. The van der Waals surface area contributed by atoms with Gasteiger partial charge in [-0.05, 0) is 26.1 Å². The Morgan fingerprint density at radius 1 is 1.27 bits per heavy atom. The van der Waals surface area contributed by atoms with Gasteiger partial charge in [-0.25, -0.2) is 9.50 Å². The highest BCUT2D eigenvalue weighted by Crippen LogP contribution is 2.23. The smallest absolute Gasteiger partial charge is 0.240 e. The maximum Gasteiger partial charge on any atom is 0.240 e. The van der Waals surface area contributed by atoms with Crippen molar-refractivity contribution in [2.45, 2.75) is 6.42 Å². The molecule has 0 saturated heterocycles. The fourth-order valence-electron chi connectivity index (χ4n) is 2.11. The lowest BCUT2D eigenvalue weighted by Gasteiger charge is -2.08. The van der Waals surface area contributed by atoms with E-state index in [1.54, 1.807) is 21.6 Å². The zero-order valence-electron chi connectivity index (χ0n) is 12.6. The zero-order valence-corrected chi connectivity index (χ0v) is 13.4. The quantitative estimate of drug-likeness (QED) is 0.697. The van der Waals surface area contributed by atoms with Crippen molar-refractivity contribution < 1.29 is 4.74 Å². The van der Waals surface area contributed by atoms with Crippen molar-refractivity contribution >= 4 is 17.9 Å². The summed E-state index contributed by atoms with van der Waals surface area (Å²) in [4.78, 5) is 4.60. The summed E-state index contributed by atoms with van der Waals surface area (Å²) >= 11 is 0. The molecule has 8 heteroatoms. The third-order valence-electron chi connectivity index (χ3n) is 3.17. The minimum atomic E-state index is 0. The first kappa shape index (κ1) is 16.3. The first-order valence-electron chi connectivity index (χ1n) is 6.89. The molecule has 22 heavy (non-hydrogen) atoms. The normalized spacial score (nSPS) is 10.6. The van der Waals surface area contributed by atoms with Crippen LogP contribution in [0.1, 0.15) is 6.42 Å². The average Bonchev–Trinajstić information content (AvgIpc) is 3.11. The SMILES string of the molecule is CNCCCOc1nc(-c2cnn(C)c2)cn2nccc12.Cl. The van der Waals surface area contributed by atoms with Gasteiger partial charge >= 0.3 is 0 Å². The van der Waals surface area contributed by atoms with E-state index in [2.05, 4.69) is 20.5 Å². The predicted molar refractivity (Wildman–Crippen MR) is 86.5 cm³/mol. The van der Waals surface area contributed by atoms with Crippen molar-refractivity contribution in [3.63, 3.8) is 0 Å². The molecule has 3 aromatic heterocycles. The van der Waals surface area contributed by atoms with Gasteiger partial charge in [0.25, 0.3) is 0 Å². The summed E-state index contributed by atoms with van der Waals surface area (Å²) in [6.45, 7) is 1.53. The molecule has 118 valence electrons. The molecule has 0 amide bonds. The molecular weight excluding hydrogens is 304 g/mol. The van der Waals surface area contributed by atoms with Crippen molar-refractivity contribution in [3.8, 4) is 17.1 Å². The van der Waals surface area contributed by atoms with Crippen LogP contribution in [0, 0.1) is 0 Å². The lowest BCUT2D eigenvalue weighted by Crippen LogP contribution is -2.12. The van der Waals surface area contributed by atoms with Gasteiger partial charge in [-0.1, -0.05) is 0 Å². The van der Waals surface area contributed by atoms with Crippen molar-refractivity contribution in [1.82, 2.24) is 29.7 Å². The summed E-state index contributed by atoms with van der Waals surface area (Å²) < 4.78 is 9.34. The fraction of sp³-hybridized carbons (Fsp3) is 0.357. The number of hydrogen-bond donors (Lipinski definition) is 1. The molecule has 0 aromatic carbocycles. The van der Waals surface area contributed by atoms with E-state index in [4.69, 9.17) is 4.74 Å². The molecule has 0 fully saturated rings. The Hall–Kier alpha value is -2.12. The minimum absolute atomic E-state index is 0. The molecule has 0 bridgehead atoms. The van der Waals surface area contributed by atoms with Gasteiger partial charge in [-0.15, -0.1) is 12.4 Å². The predicted octanol–water partition coefficient (Wildman–Crippen LogP) is 1.54. The van der Waals surface area contributed by atoms with E-state index in [9.17, 15) is 0 Å². The van der Waals surface area contributed by atoms with Gasteiger partial charge in [0.1, 0.15) is 5.52 Å². The molecule has 0 saturated carbocycles. The second kappa shape index (κ2) is 7.24. The van der Waals surface area contributed by atoms with Crippen LogP contribution in [0.25, 0.3) is 16.8 Å². The van der Waals surface area contributed by atoms with Gasteiger partial charge in [-0.3, -0.25) is 4.68 Å². The maximum atomic E-state index is 5.81. The van der Waals surface area contributed by atoms with Gasteiger partial charge in [0.05, 0.1) is 30.9 Å². The maximum absolute atomic E-state index is 5.81. The molecule has 0 spiro atoms. The Morgan fingerprint density at radius 2 is 2.14 bits per heavy atom. The third kappa shape index (κ3) is 3.37. The number of halogens is 1. The molecule has 0 aliphatic carbocycles. The van der Waals surface area contributed by atoms with Crippen molar-refractivity contribution in [2.24, 2.45) is 7.05 Å². The number of aromatic nitrogens is 5. The number of nitrogens with one attached hydrogen (secondary N) is 1. The molecule has 0 unspecified atom stereocenters. The first-order valence-corrected chi connectivity index (χ1v) is 6.89. The standard InChI is InChI=1S/C14H18N6O.ClH/c1-15-5-3-7-21-14-13-4-6-16-20(13)10-12(18-14)11-8-17-19(2)9-11;/h4,6,8-10,15H,3,5,7H2,1-2H3;1H. The van der Waals surface area contributed by atoms with Crippen LogP contribution in [0.15, 0.2) is 30.9 Å². The fourth-order valence-corrected chi connectivity index (χ4v) is 2.11. The van der Waals surface area contributed by atoms with E-state index in [-0.39, 0.29) is 12.4 Å². The largest absolute Gasteiger partial charge is 0.476 e. The topological polar surface area (TPSA) is 69.3 Å². The lowest BCUT2D eigenvalue weighted by atomic mass is 10.2. The molecule has 3 rings (SSSR count). The number of aryl methyl sites for hydroxylation is 1. The van der Waals surface area contributed by atoms with Crippen molar-refractivity contribution in [2.75, 3.05) is 20.2 Å². The van der Waals surface area contributed by atoms with Crippen LogP contribution in [-0.2, 0) is 7.05 Å². The summed E-state index contributed by atoms with van der Waals surface area (Å²) in [5.74, 6) is 0.602. The molecule has 1 N–H and O–H groups in total. The Bertz CT molecular complexity index is 738. The van der Waals surface area contributed by atoms with Crippen LogP contribution >= 0.6 is 12.4 Å². The van der Waals surface area contributed by atoms with Gasteiger partial charge in [0.2, 0.25) is 5.88 Å². The summed E-state index contributed by atoms with van der Waals surface area (Å²) in [5, 5.41) is 11.5. The first-order chi connectivity index (χ1) is 10.3. The second-order valence-corrected chi connectivity index (χ2v) is 4.80. The Balaban J connectivity index is 0.00000176.